The monoisotopic (exact) mass is 389 g/mol. The van der Waals surface area contributed by atoms with E-state index in [9.17, 15) is 9.59 Å². The first-order chi connectivity index (χ1) is 14.0. The van der Waals surface area contributed by atoms with E-state index in [1.165, 1.54) is 43.0 Å². The van der Waals surface area contributed by atoms with Gasteiger partial charge in [0.15, 0.2) is 0 Å². The number of aromatic amines is 1. The van der Waals surface area contributed by atoms with Crippen molar-refractivity contribution >= 4 is 28.3 Å². The zero-order chi connectivity index (χ0) is 20.2. The second kappa shape index (κ2) is 6.61. The molecule has 0 bridgehead atoms. The van der Waals surface area contributed by atoms with Crippen LogP contribution in [0.15, 0.2) is 30.9 Å². The summed E-state index contributed by atoms with van der Waals surface area (Å²) >= 11 is 0. The van der Waals surface area contributed by atoms with E-state index in [2.05, 4.69) is 17.6 Å². The first-order valence-electron chi connectivity index (χ1n) is 10.6. The maximum absolute atomic E-state index is 12.2. The average Bonchev–Trinajstić information content (AvgIpc) is 3.09. The third kappa shape index (κ3) is 2.83. The minimum atomic E-state index is -0.403. The van der Waals surface area contributed by atoms with Crippen LogP contribution in [-0.2, 0) is 17.6 Å². The number of carbonyl (C=O) groups is 2. The molecule has 5 nitrogen and oxygen atoms in total. The van der Waals surface area contributed by atoms with Gasteiger partial charge >= 0.3 is 0 Å². The Labute approximate surface area is 170 Å². The van der Waals surface area contributed by atoms with Crippen LogP contribution in [0.5, 0.6) is 0 Å². The Balaban J connectivity index is 1.66. The molecule has 0 atom stereocenters. The number of aromatic nitrogens is 1. The first-order valence-corrected chi connectivity index (χ1v) is 10.6. The molecule has 0 unspecified atom stereocenters. The summed E-state index contributed by atoms with van der Waals surface area (Å²) in [5.74, 6) is -0.440. The molecule has 5 rings (SSSR count). The molecule has 1 aromatic heterocycles. The molecule has 150 valence electrons. The number of nitrogens with one attached hydrogen (secondary N) is 1. The number of H-pyrrole nitrogens is 1. The highest BCUT2D eigenvalue weighted by atomic mass is 16.2. The van der Waals surface area contributed by atoms with E-state index in [1.54, 1.807) is 0 Å². The smallest absolute Gasteiger partial charge is 0.250 e. The van der Waals surface area contributed by atoms with Gasteiger partial charge in [0.25, 0.3) is 5.91 Å². The molecule has 1 fully saturated rings. The highest BCUT2D eigenvalue weighted by Crippen LogP contribution is 2.52. The van der Waals surface area contributed by atoms with Crippen molar-refractivity contribution in [2.24, 2.45) is 11.1 Å². The van der Waals surface area contributed by atoms with Crippen LogP contribution >= 0.6 is 0 Å². The Kier molecular flexibility index (Phi) is 4.16. The van der Waals surface area contributed by atoms with Crippen LogP contribution in [0.2, 0.25) is 0 Å². The second-order valence-corrected chi connectivity index (χ2v) is 8.87. The van der Waals surface area contributed by atoms with Crippen LogP contribution in [-0.4, -0.2) is 34.8 Å². The van der Waals surface area contributed by atoms with Crippen LogP contribution in [0, 0.1) is 5.41 Å². The molecule has 29 heavy (non-hydrogen) atoms. The van der Waals surface area contributed by atoms with E-state index in [4.69, 9.17) is 5.73 Å². The number of primary amides is 1. The number of fused-ring (bicyclic) bond motifs is 3. The van der Waals surface area contributed by atoms with Gasteiger partial charge in [0.1, 0.15) is 0 Å². The minimum absolute atomic E-state index is 0.0369. The molecule has 0 radical (unpaired) electrons. The summed E-state index contributed by atoms with van der Waals surface area (Å²) in [4.78, 5) is 29.7. The zero-order valence-electron chi connectivity index (χ0n) is 16.7. The number of nitrogens with zero attached hydrogens (tertiary/aromatic N) is 1. The van der Waals surface area contributed by atoms with Crippen LogP contribution in [0.25, 0.3) is 16.5 Å². The normalized spacial score (nSPS) is 20.1. The molecule has 5 heteroatoms. The van der Waals surface area contributed by atoms with Gasteiger partial charge in [0.05, 0.1) is 11.1 Å². The molecule has 0 saturated heterocycles. The standard InChI is InChI=1S/C24H27N3O2/c1-2-20(28)27-12-3-5-15(14-27)16-6-7-17(23(25)29)22-21(16)18-13-24(9-4-10-24)11-8-19(18)26-22/h2,5-7,26H,1,3-4,8-14H2,(H2,25,29). The van der Waals surface area contributed by atoms with Crippen LogP contribution < -0.4 is 5.73 Å². The predicted octanol–water partition coefficient (Wildman–Crippen LogP) is 3.73. The summed E-state index contributed by atoms with van der Waals surface area (Å²) in [6, 6.07) is 3.85. The number of benzene rings is 1. The Morgan fingerprint density at radius 3 is 2.76 bits per heavy atom. The van der Waals surface area contributed by atoms with Crippen LogP contribution in [0.3, 0.4) is 0 Å². The fourth-order valence-electron chi connectivity index (χ4n) is 5.52. The van der Waals surface area contributed by atoms with Gasteiger partial charge in [-0.15, -0.1) is 0 Å². The van der Waals surface area contributed by atoms with Crippen molar-refractivity contribution in [1.29, 1.82) is 0 Å². The molecule has 1 aromatic carbocycles. The van der Waals surface area contributed by atoms with Crippen molar-refractivity contribution in [2.75, 3.05) is 13.1 Å². The Morgan fingerprint density at radius 1 is 1.24 bits per heavy atom. The maximum Gasteiger partial charge on any atom is 0.250 e. The molecular weight excluding hydrogens is 362 g/mol. The highest BCUT2D eigenvalue weighted by molar-refractivity contribution is 6.09. The van der Waals surface area contributed by atoms with Crippen molar-refractivity contribution in [2.45, 2.75) is 44.9 Å². The van der Waals surface area contributed by atoms with E-state index in [0.717, 1.165) is 41.3 Å². The van der Waals surface area contributed by atoms with Crippen molar-refractivity contribution in [1.82, 2.24) is 9.88 Å². The van der Waals surface area contributed by atoms with Gasteiger partial charge in [-0.3, -0.25) is 9.59 Å². The van der Waals surface area contributed by atoms with Crippen molar-refractivity contribution in [3.63, 3.8) is 0 Å². The molecule has 2 aromatic rings. The summed E-state index contributed by atoms with van der Waals surface area (Å²) in [6.07, 6.45) is 11.7. The molecule has 1 aliphatic heterocycles. The van der Waals surface area contributed by atoms with Gasteiger partial charge in [-0.05, 0) is 72.8 Å². The molecule has 1 saturated carbocycles. The number of nitrogens with two attached hydrogens (primary N) is 1. The van der Waals surface area contributed by atoms with Gasteiger partial charge in [-0.2, -0.15) is 0 Å². The number of hydrogen-bond donors (Lipinski definition) is 2. The summed E-state index contributed by atoms with van der Waals surface area (Å²) in [6.45, 7) is 4.91. The zero-order valence-corrected chi connectivity index (χ0v) is 16.7. The van der Waals surface area contributed by atoms with E-state index in [0.29, 0.717) is 24.1 Å². The lowest BCUT2D eigenvalue weighted by Gasteiger charge is -2.45. The first kappa shape index (κ1) is 18.2. The lowest BCUT2D eigenvalue weighted by molar-refractivity contribution is -0.125. The van der Waals surface area contributed by atoms with Gasteiger partial charge in [0, 0.05) is 24.2 Å². The number of carbonyl (C=O) groups excluding carboxylic acids is 2. The molecule has 2 aliphatic carbocycles. The molecule has 2 heterocycles. The third-order valence-electron chi connectivity index (χ3n) is 7.27. The van der Waals surface area contributed by atoms with Crippen molar-refractivity contribution in [3.8, 4) is 0 Å². The lowest BCUT2D eigenvalue weighted by Crippen LogP contribution is -2.35. The van der Waals surface area contributed by atoms with Crippen LogP contribution in [0.4, 0.5) is 0 Å². The molecule has 3 aliphatic rings. The van der Waals surface area contributed by atoms with E-state index >= 15 is 0 Å². The van der Waals surface area contributed by atoms with Gasteiger partial charge in [0.2, 0.25) is 5.91 Å². The SMILES string of the molecule is C=CC(=O)N1CCC=C(c2ccc(C(N)=O)c3[nH]c4c(c23)CC2(CCC2)CC4)C1. The predicted molar refractivity (Wildman–Crippen MR) is 114 cm³/mol. The van der Waals surface area contributed by atoms with Gasteiger partial charge in [-0.25, -0.2) is 0 Å². The van der Waals surface area contributed by atoms with Gasteiger partial charge in [-0.1, -0.05) is 25.1 Å². The van der Waals surface area contributed by atoms with E-state index < -0.39 is 5.91 Å². The number of aryl methyl sites for hydroxylation is 1. The average molecular weight is 389 g/mol. The molecule has 3 N–H and O–H groups in total. The fraction of sp³-hybridized carbons (Fsp3) is 0.417. The maximum atomic E-state index is 12.2. The Hall–Kier alpha value is -2.82. The summed E-state index contributed by atoms with van der Waals surface area (Å²) in [5.41, 5.74) is 12.4. The lowest BCUT2D eigenvalue weighted by atomic mass is 9.60. The molecular formula is C24H27N3O2. The van der Waals surface area contributed by atoms with E-state index in [-0.39, 0.29) is 5.91 Å². The summed E-state index contributed by atoms with van der Waals surface area (Å²) in [5, 5.41) is 1.14. The van der Waals surface area contributed by atoms with E-state index in [1.807, 2.05) is 17.0 Å². The van der Waals surface area contributed by atoms with Crippen molar-refractivity contribution < 1.29 is 9.59 Å². The topological polar surface area (TPSA) is 79.2 Å². The quantitative estimate of drug-likeness (QED) is 0.785. The third-order valence-corrected chi connectivity index (χ3v) is 7.27. The largest absolute Gasteiger partial charge is 0.366 e. The number of hydrogen-bond acceptors (Lipinski definition) is 2. The second-order valence-electron chi connectivity index (χ2n) is 8.87. The molecule has 1 spiro atoms. The molecule has 2 amide bonds. The summed E-state index contributed by atoms with van der Waals surface area (Å²) < 4.78 is 0. The van der Waals surface area contributed by atoms with Gasteiger partial charge < -0.3 is 15.6 Å². The Bertz CT molecular complexity index is 1070. The minimum Gasteiger partial charge on any atom is -0.366 e. The van der Waals surface area contributed by atoms with Crippen LogP contribution in [0.1, 0.15) is 59.3 Å². The van der Waals surface area contributed by atoms with Crippen molar-refractivity contribution in [3.05, 3.63) is 53.2 Å². The summed E-state index contributed by atoms with van der Waals surface area (Å²) in [7, 11) is 0. The fourth-order valence-corrected chi connectivity index (χ4v) is 5.52. The number of amides is 2. The number of rotatable bonds is 3. The highest BCUT2D eigenvalue weighted by Gasteiger charge is 2.41. The Morgan fingerprint density at radius 2 is 2.07 bits per heavy atom.